The zero-order chi connectivity index (χ0) is 30.9. The van der Waals surface area contributed by atoms with Crippen LogP contribution >= 0.6 is 11.6 Å². The van der Waals surface area contributed by atoms with Gasteiger partial charge in [-0.25, -0.2) is 4.39 Å². The summed E-state index contributed by atoms with van der Waals surface area (Å²) in [5, 5.41) is 30.2. The van der Waals surface area contributed by atoms with E-state index in [-0.39, 0.29) is 22.6 Å². The molecule has 1 aliphatic heterocycles. The van der Waals surface area contributed by atoms with Crippen molar-refractivity contribution < 1.29 is 23.9 Å². The third-order valence-corrected chi connectivity index (χ3v) is 8.62. The number of amides is 1. The van der Waals surface area contributed by atoms with Crippen molar-refractivity contribution in [2.24, 2.45) is 0 Å². The highest BCUT2D eigenvalue weighted by molar-refractivity contribution is 6.31. The summed E-state index contributed by atoms with van der Waals surface area (Å²) in [6.45, 7) is 0.689. The van der Waals surface area contributed by atoms with E-state index in [2.05, 4.69) is 25.9 Å². The Balaban J connectivity index is 1.21. The van der Waals surface area contributed by atoms with Crippen molar-refractivity contribution in [1.82, 2.24) is 35.3 Å². The predicted octanol–water partition coefficient (Wildman–Crippen LogP) is 4.95. The van der Waals surface area contributed by atoms with Crippen LogP contribution in [0.3, 0.4) is 0 Å². The maximum Gasteiger partial charge on any atom is 0.258 e. The number of hydrogen-bond acceptors (Lipinski definition) is 7. The molecule has 2 aromatic carbocycles. The third kappa shape index (κ3) is 6.16. The topological polar surface area (TPSA) is 124 Å². The van der Waals surface area contributed by atoms with Gasteiger partial charge in [0.05, 0.1) is 34.1 Å². The fourth-order valence-electron chi connectivity index (χ4n) is 5.76. The molecule has 3 aromatic heterocycles. The number of aromatic nitrogens is 7. The van der Waals surface area contributed by atoms with Crippen LogP contribution in [0.1, 0.15) is 60.6 Å². The van der Waals surface area contributed by atoms with Gasteiger partial charge >= 0.3 is 0 Å². The molecule has 2 atom stereocenters. The van der Waals surface area contributed by atoms with Crippen LogP contribution in [-0.4, -0.2) is 59.9 Å². The van der Waals surface area contributed by atoms with Crippen LogP contribution in [0.5, 0.6) is 0 Å². The first-order valence-electron chi connectivity index (χ1n) is 15.0. The molecular formula is C32H31ClFN8O3+. The van der Waals surface area contributed by atoms with E-state index in [9.17, 15) is 10.0 Å². The Kier molecular flexibility index (Phi) is 7.99. The van der Waals surface area contributed by atoms with Gasteiger partial charge in [-0.05, 0) is 78.4 Å². The van der Waals surface area contributed by atoms with Crippen LogP contribution in [0.25, 0.3) is 27.9 Å². The van der Waals surface area contributed by atoms with Gasteiger partial charge in [0, 0.05) is 47.2 Å². The van der Waals surface area contributed by atoms with E-state index in [1.54, 1.807) is 24.4 Å². The van der Waals surface area contributed by atoms with Gasteiger partial charge in [0.2, 0.25) is 6.20 Å². The van der Waals surface area contributed by atoms with Crippen LogP contribution in [0, 0.1) is 5.82 Å². The lowest BCUT2D eigenvalue weighted by molar-refractivity contribution is -0.910. The second kappa shape index (κ2) is 12.4. The maximum absolute atomic E-state index is 15.4. The highest BCUT2D eigenvalue weighted by atomic mass is 35.5. The van der Waals surface area contributed by atoms with Gasteiger partial charge in [-0.2, -0.15) is 9.78 Å². The Morgan fingerprint density at radius 2 is 1.91 bits per heavy atom. The summed E-state index contributed by atoms with van der Waals surface area (Å²) in [6.07, 6.45) is 12.1. The van der Waals surface area contributed by atoms with E-state index < -0.39 is 11.9 Å². The minimum Gasteiger partial charge on any atom is -0.378 e. The summed E-state index contributed by atoms with van der Waals surface area (Å²) in [4.78, 5) is 12.4. The van der Waals surface area contributed by atoms with Gasteiger partial charge < -0.3 is 10.1 Å². The summed E-state index contributed by atoms with van der Waals surface area (Å²) in [6, 6.07) is 13.9. The van der Waals surface area contributed by atoms with E-state index in [1.807, 2.05) is 35.1 Å². The largest absolute Gasteiger partial charge is 0.378 e. The summed E-state index contributed by atoms with van der Waals surface area (Å²) in [5.41, 5.74) is 3.84. The second-order valence-electron chi connectivity index (χ2n) is 11.5. The first kappa shape index (κ1) is 29.1. The van der Waals surface area contributed by atoms with E-state index in [1.165, 1.54) is 23.3 Å². The highest BCUT2D eigenvalue weighted by Gasteiger charge is 2.31. The molecule has 1 aliphatic carbocycles. The number of ether oxygens (including phenoxy) is 1. The molecule has 1 amide bonds. The summed E-state index contributed by atoms with van der Waals surface area (Å²) < 4.78 is 25.7. The minimum atomic E-state index is -0.655. The molecule has 0 spiro atoms. The summed E-state index contributed by atoms with van der Waals surface area (Å²) in [5.74, 6) is -0.719. The van der Waals surface area contributed by atoms with Crippen LogP contribution in [-0.2, 0) is 4.74 Å². The zero-order valence-electron chi connectivity index (χ0n) is 24.3. The fraction of sp³-hybridized carbons (Fsp3) is 0.312. The monoisotopic (exact) mass is 629 g/mol. The van der Waals surface area contributed by atoms with Crippen LogP contribution in [0.2, 0.25) is 5.02 Å². The lowest BCUT2D eigenvalue weighted by Gasteiger charge is -2.25. The smallest absolute Gasteiger partial charge is 0.258 e. The van der Waals surface area contributed by atoms with Gasteiger partial charge in [0.1, 0.15) is 12.4 Å². The molecule has 4 heterocycles. The molecular weight excluding hydrogens is 599 g/mol. The van der Waals surface area contributed by atoms with E-state index in [0.29, 0.717) is 41.6 Å². The Morgan fingerprint density at radius 3 is 2.62 bits per heavy atom. The average molecular weight is 630 g/mol. The Hall–Kier alpha value is -4.68. The van der Waals surface area contributed by atoms with Gasteiger partial charge in [0.25, 0.3) is 11.6 Å². The number of nitrogens with zero attached hydrogens (tertiary/aromatic N) is 7. The van der Waals surface area contributed by atoms with Crippen molar-refractivity contribution >= 4 is 17.5 Å². The molecule has 11 nitrogen and oxygen atoms in total. The molecule has 5 aromatic rings. The second-order valence-corrected chi connectivity index (χ2v) is 11.9. The van der Waals surface area contributed by atoms with Crippen molar-refractivity contribution in [1.29, 1.82) is 0 Å². The zero-order valence-corrected chi connectivity index (χ0v) is 25.0. The minimum absolute atomic E-state index is 0.0165. The maximum atomic E-state index is 15.4. The molecule has 7 rings (SSSR count). The van der Waals surface area contributed by atoms with Crippen LogP contribution < -0.4 is 10.0 Å². The number of carbonyl (C=O) groups excluding carboxylic acids is 1. The Labute approximate surface area is 263 Å². The van der Waals surface area contributed by atoms with Crippen LogP contribution in [0.4, 0.5) is 4.39 Å². The molecule has 0 bridgehead atoms. The van der Waals surface area contributed by atoms with Crippen molar-refractivity contribution in [2.45, 2.75) is 56.7 Å². The van der Waals surface area contributed by atoms with E-state index >= 15 is 4.39 Å². The number of benzene rings is 2. The van der Waals surface area contributed by atoms with E-state index in [4.69, 9.17) is 16.3 Å². The van der Waals surface area contributed by atoms with Gasteiger partial charge in [-0.1, -0.05) is 23.7 Å². The number of nitrogens with one attached hydrogen (secondary N) is 1. The predicted molar refractivity (Wildman–Crippen MR) is 161 cm³/mol. The number of hydrogen-bond donors (Lipinski definition) is 2. The highest BCUT2D eigenvalue weighted by Crippen LogP contribution is 2.34. The normalized spacial score (nSPS) is 17.2. The lowest BCUT2D eigenvalue weighted by atomic mass is 9.98. The Bertz CT molecular complexity index is 1820. The van der Waals surface area contributed by atoms with Gasteiger partial charge in [-0.15, -0.1) is 5.10 Å². The summed E-state index contributed by atoms with van der Waals surface area (Å²) >= 11 is 6.16. The van der Waals surface area contributed by atoms with Crippen molar-refractivity contribution in [2.75, 3.05) is 6.61 Å². The average Bonchev–Trinajstić information content (AvgIpc) is 3.48. The van der Waals surface area contributed by atoms with Crippen molar-refractivity contribution in [3.63, 3.8) is 0 Å². The Morgan fingerprint density at radius 1 is 1.09 bits per heavy atom. The van der Waals surface area contributed by atoms with E-state index in [0.717, 1.165) is 48.0 Å². The molecule has 230 valence electrons. The molecule has 1 saturated carbocycles. The number of tetrazole rings is 1. The molecule has 0 radical (unpaired) electrons. The number of halogens is 2. The number of carbonyl (C=O) groups is 1. The fourth-order valence-corrected chi connectivity index (χ4v) is 5.92. The quantitative estimate of drug-likeness (QED) is 0.175. The van der Waals surface area contributed by atoms with Crippen molar-refractivity contribution in [3.05, 3.63) is 95.5 Å². The van der Waals surface area contributed by atoms with Gasteiger partial charge in [0.15, 0.2) is 5.82 Å². The first-order valence-corrected chi connectivity index (χ1v) is 15.4. The van der Waals surface area contributed by atoms with Crippen LogP contribution in [0.15, 0.2) is 73.4 Å². The number of rotatable bonds is 9. The molecule has 2 N–H and O–H groups in total. The SMILES string of the molecule is O=C(NC1CC1)c1ccc(-c2cnn(C(C[C@H]3CCCCO3)c3ccc(-c4c(-n5cnnn5)ccc(Cl)c4F)c[n+]3O)c2)cc1. The molecule has 45 heavy (non-hydrogen) atoms. The summed E-state index contributed by atoms with van der Waals surface area (Å²) in [7, 11) is 0. The lowest BCUT2D eigenvalue weighted by Crippen LogP contribution is -2.39. The molecule has 2 fully saturated rings. The third-order valence-electron chi connectivity index (χ3n) is 8.33. The molecule has 1 saturated heterocycles. The molecule has 13 heteroatoms. The standard InChI is InChI=1S/C32H30ClFN8O3/c33-26-11-13-28(41-19-35-38-39-41)30(31(26)34)22-8-12-27(42(44)18-22)29(15-25-3-1-2-14-45-25)40-17-23(16-36-40)20-4-6-21(7-5-20)32(43)37-24-9-10-24/h4-8,11-13,16-19,24-25,29H,1-3,9-10,14-15H2,(H-,37,43,44)/p+1/t25-,29?/m1/s1. The molecule has 2 aliphatic rings. The number of pyridine rings is 1. The van der Waals surface area contributed by atoms with Crippen molar-refractivity contribution in [3.8, 4) is 27.9 Å². The first-order chi connectivity index (χ1) is 21.9. The molecule has 1 unspecified atom stereocenters. The van der Waals surface area contributed by atoms with Gasteiger partial charge in [-0.3, -0.25) is 14.7 Å².